The molecule has 0 saturated carbocycles. The molecule has 1 aromatic rings. The van der Waals surface area contributed by atoms with Gasteiger partial charge in [0.2, 0.25) is 0 Å². The predicted octanol–water partition coefficient (Wildman–Crippen LogP) is 2.49. The van der Waals surface area contributed by atoms with Crippen LogP contribution in [0.4, 0.5) is 4.39 Å². The topological polar surface area (TPSA) is 71.4 Å². The van der Waals surface area contributed by atoms with Crippen LogP contribution in [0.15, 0.2) is 29.2 Å². The maximum atomic E-state index is 13.6. The van der Waals surface area contributed by atoms with Crippen LogP contribution in [0, 0.1) is 11.7 Å². The minimum atomic E-state index is -4.23. The Morgan fingerprint density at radius 2 is 1.79 bits per heavy atom. The summed E-state index contributed by atoms with van der Waals surface area (Å²) in [6.07, 6.45) is 0.808. The molecule has 0 aliphatic rings. The lowest BCUT2D eigenvalue weighted by Crippen LogP contribution is -2.37. The first-order valence-electron chi connectivity index (χ1n) is 6.07. The van der Waals surface area contributed by atoms with Crippen molar-refractivity contribution in [1.82, 2.24) is 0 Å². The monoisotopic (exact) mass is 288 g/mol. The largest absolute Gasteiger partial charge is 0.480 e. The fourth-order valence-electron chi connectivity index (χ4n) is 2.12. The van der Waals surface area contributed by atoms with Gasteiger partial charge in [0.1, 0.15) is 10.7 Å². The van der Waals surface area contributed by atoms with Crippen LogP contribution in [0.1, 0.15) is 26.7 Å². The summed E-state index contributed by atoms with van der Waals surface area (Å²) in [5.41, 5.74) is 0. The maximum Gasteiger partial charge on any atom is 0.322 e. The van der Waals surface area contributed by atoms with E-state index in [0.717, 1.165) is 12.1 Å². The fourth-order valence-corrected chi connectivity index (χ4v) is 4.16. The SMILES string of the molecule is CCC(CC)C(C(=O)O)S(=O)(=O)c1ccccc1F. The van der Waals surface area contributed by atoms with Crippen molar-refractivity contribution in [3.8, 4) is 0 Å². The molecule has 0 saturated heterocycles. The van der Waals surface area contributed by atoms with E-state index in [1.165, 1.54) is 12.1 Å². The van der Waals surface area contributed by atoms with Gasteiger partial charge in [0.05, 0.1) is 0 Å². The first-order valence-corrected chi connectivity index (χ1v) is 7.62. The Morgan fingerprint density at radius 3 is 2.21 bits per heavy atom. The van der Waals surface area contributed by atoms with Gasteiger partial charge in [-0.25, -0.2) is 12.8 Å². The smallest absolute Gasteiger partial charge is 0.322 e. The van der Waals surface area contributed by atoms with E-state index in [2.05, 4.69) is 0 Å². The molecule has 0 radical (unpaired) electrons. The van der Waals surface area contributed by atoms with Gasteiger partial charge in [0, 0.05) is 0 Å². The number of sulfone groups is 1. The molecule has 106 valence electrons. The second-order valence-electron chi connectivity index (χ2n) is 4.31. The first kappa shape index (κ1) is 15.6. The molecule has 1 unspecified atom stereocenters. The van der Waals surface area contributed by atoms with Crippen molar-refractivity contribution in [3.63, 3.8) is 0 Å². The lowest BCUT2D eigenvalue weighted by Gasteiger charge is -2.21. The van der Waals surface area contributed by atoms with Crippen molar-refractivity contribution < 1.29 is 22.7 Å². The number of hydrogen-bond acceptors (Lipinski definition) is 3. The number of carboxylic acid groups (broad SMARTS) is 1. The average Bonchev–Trinajstić information content (AvgIpc) is 2.35. The molecule has 1 rings (SSSR count). The molecule has 19 heavy (non-hydrogen) atoms. The van der Waals surface area contributed by atoms with Crippen molar-refractivity contribution in [2.75, 3.05) is 0 Å². The maximum absolute atomic E-state index is 13.6. The summed E-state index contributed by atoms with van der Waals surface area (Å²) >= 11 is 0. The van der Waals surface area contributed by atoms with E-state index >= 15 is 0 Å². The van der Waals surface area contributed by atoms with E-state index in [9.17, 15) is 22.7 Å². The van der Waals surface area contributed by atoms with E-state index in [1.807, 2.05) is 0 Å². The van der Waals surface area contributed by atoms with E-state index in [4.69, 9.17) is 0 Å². The van der Waals surface area contributed by atoms with Gasteiger partial charge in [-0.2, -0.15) is 0 Å². The molecule has 0 amide bonds. The van der Waals surface area contributed by atoms with Gasteiger partial charge in [0.25, 0.3) is 0 Å². The predicted molar refractivity (Wildman–Crippen MR) is 69.1 cm³/mol. The molecule has 0 aliphatic carbocycles. The molecule has 6 heteroatoms. The molecule has 1 atom stereocenters. The van der Waals surface area contributed by atoms with Crippen molar-refractivity contribution in [2.24, 2.45) is 5.92 Å². The first-order chi connectivity index (χ1) is 8.86. The summed E-state index contributed by atoms with van der Waals surface area (Å²) in [4.78, 5) is 10.7. The molecule has 0 fully saturated rings. The highest BCUT2D eigenvalue weighted by atomic mass is 32.2. The van der Waals surface area contributed by atoms with Crippen LogP contribution in [-0.2, 0) is 14.6 Å². The van der Waals surface area contributed by atoms with Gasteiger partial charge in [0.15, 0.2) is 15.1 Å². The molecule has 4 nitrogen and oxygen atoms in total. The van der Waals surface area contributed by atoms with E-state index in [-0.39, 0.29) is 0 Å². The Labute approximate surface area is 112 Å². The van der Waals surface area contributed by atoms with Crippen LogP contribution in [0.5, 0.6) is 0 Å². The molecule has 0 heterocycles. The Bertz CT molecular complexity index is 550. The third kappa shape index (κ3) is 3.12. The van der Waals surface area contributed by atoms with E-state index in [0.29, 0.717) is 12.8 Å². The van der Waals surface area contributed by atoms with Gasteiger partial charge in [-0.05, 0) is 18.1 Å². The van der Waals surface area contributed by atoms with Crippen LogP contribution in [0.2, 0.25) is 0 Å². The minimum Gasteiger partial charge on any atom is -0.480 e. The molecule has 0 aromatic heterocycles. The molecule has 0 aliphatic heterocycles. The second kappa shape index (κ2) is 6.14. The van der Waals surface area contributed by atoms with Crippen LogP contribution < -0.4 is 0 Å². The van der Waals surface area contributed by atoms with Gasteiger partial charge in [-0.15, -0.1) is 0 Å². The molecular formula is C13H17FO4S. The molecular weight excluding hydrogens is 271 g/mol. The minimum absolute atomic E-state index is 0.404. The third-order valence-electron chi connectivity index (χ3n) is 3.20. The van der Waals surface area contributed by atoms with Crippen LogP contribution in [0.25, 0.3) is 0 Å². The zero-order valence-electron chi connectivity index (χ0n) is 10.8. The quantitative estimate of drug-likeness (QED) is 0.873. The zero-order valence-corrected chi connectivity index (χ0v) is 11.7. The van der Waals surface area contributed by atoms with E-state index in [1.54, 1.807) is 13.8 Å². The van der Waals surface area contributed by atoms with Gasteiger partial charge in [-0.1, -0.05) is 38.8 Å². The summed E-state index contributed by atoms with van der Waals surface area (Å²) in [6.45, 7) is 3.45. The Kier molecular flexibility index (Phi) is 5.05. The van der Waals surface area contributed by atoms with E-state index < -0.39 is 37.7 Å². The summed E-state index contributed by atoms with van der Waals surface area (Å²) in [5.74, 6) is -2.89. The number of benzene rings is 1. The van der Waals surface area contributed by atoms with Crippen LogP contribution in [0.3, 0.4) is 0 Å². The molecule has 0 bridgehead atoms. The second-order valence-corrected chi connectivity index (χ2v) is 6.35. The highest BCUT2D eigenvalue weighted by molar-refractivity contribution is 7.92. The van der Waals surface area contributed by atoms with Gasteiger partial charge < -0.3 is 5.11 Å². The lowest BCUT2D eigenvalue weighted by molar-refractivity contribution is -0.137. The molecule has 1 N–H and O–H groups in total. The fraction of sp³-hybridized carbons (Fsp3) is 0.462. The number of halogens is 1. The number of rotatable bonds is 6. The Balaban J connectivity index is 3.37. The zero-order chi connectivity index (χ0) is 14.6. The van der Waals surface area contributed by atoms with Gasteiger partial charge >= 0.3 is 5.97 Å². The summed E-state index contributed by atoms with van der Waals surface area (Å²) in [7, 11) is -4.23. The lowest BCUT2D eigenvalue weighted by atomic mass is 9.99. The van der Waals surface area contributed by atoms with Crippen LogP contribution >= 0.6 is 0 Å². The Morgan fingerprint density at radius 1 is 1.26 bits per heavy atom. The number of hydrogen-bond donors (Lipinski definition) is 1. The summed E-state index contributed by atoms with van der Waals surface area (Å²) in [6, 6.07) is 4.85. The normalized spacial score (nSPS) is 13.5. The Hall–Kier alpha value is -1.43. The number of carbonyl (C=O) groups is 1. The van der Waals surface area contributed by atoms with Crippen molar-refractivity contribution >= 4 is 15.8 Å². The van der Waals surface area contributed by atoms with Gasteiger partial charge in [-0.3, -0.25) is 4.79 Å². The molecule has 1 aromatic carbocycles. The summed E-state index contributed by atoms with van der Waals surface area (Å²) in [5, 5.41) is 7.58. The standard InChI is InChI=1S/C13H17FO4S/c1-3-9(4-2)12(13(15)16)19(17,18)11-8-6-5-7-10(11)14/h5-9,12H,3-4H2,1-2H3,(H,15,16). The number of carboxylic acids is 1. The molecule has 0 spiro atoms. The average molecular weight is 288 g/mol. The van der Waals surface area contributed by atoms with Crippen molar-refractivity contribution in [1.29, 1.82) is 0 Å². The summed E-state index contributed by atoms with van der Waals surface area (Å²) < 4.78 is 38.3. The highest BCUT2D eigenvalue weighted by Crippen LogP contribution is 2.27. The van der Waals surface area contributed by atoms with Crippen molar-refractivity contribution in [2.45, 2.75) is 36.8 Å². The number of aliphatic carboxylic acids is 1. The highest BCUT2D eigenvalue weighted by Gasteiger charge is 2.40. The van der Waals surface area contributed by atoms with Crippen molar-refractivity contribution in [3.05, 3.63) is 30.1 Å². The third-order valence-corrected chi connectivity index (χ3v) is 5.40. The van der Waals surface area contributed by atoms with Crippen LogP contribution in [-0.4, -0.2) is 24.7 Å².